The average molecular weight is 1730 g/mol. The summed E-state index contributed by atoms with van der Waals surface area (Å²) in [5.41, 5.74) is -8.39. The second kappa shape index (κ2) is 29.6. The maximum atomic E-state index is 13.7. The van der Waals surface area contributed by atoms with Gasteiger partial charge in [0.25, 0.3) is 0 Å². The number of aliphatic hydroxyl groups is 6. The largest absolute Gasteiger partial charge is 0.508 e. The quantitative estimate of drug-likeness (QED) is 0.0538. The van der Waals surface area contributed by atoms with E-state index in [1.165, 1.54) is 12.1 Å². The van der Waals surface area contributed by atoms with Gasteiger partial charge in [-0.3, -0.25) is 0 Å². The van der Waals surface area contributed by atoms with Crippen LogP contribution in [0.2, 0.25) is 0 Å². The molecule has 12 aromatic rings. The molecule has 6 aliphatic heterocycles. The van der Waals surface area contributed by atoms with Gasteiger partial charge in [-0.05, 0) is 106 Å². The number of aromatic hydroxyl groups is 24. The van der Waals surface area contributed by atoms with Crippen molar-refractivity contribution in [2.75, 3.05) is 0 Å². The molecule has 0 aliphatic carbocycles. The zero-order valence-corrected chi connectivity index (χ0v) is 64.3. The van der Waals surface area contributed by atoms with Gasteiger partial charge in [0.1, 0.15) is 140 Å². The van der Waals surface area contributed by atoms with Crippen molar-refractivity contribution in [1.29, 1.82) is 0 Å². The molecule has 0 saturated carbocycles. The molecule has 6 heterocycles. The number of aliphatic hydroxyl groups excluding tert-OH is 6. The van der Waals surface area contributed by atoms with Gasteiger partial charge in [0.15, 0.2) is 99.5 Å². The molecule has 17 atom stereocenters. The van der Waals surface area contributed by atoms with Crippen LogP contribution in [-0.4, -0.2) is 190 Å². The summed E-state index contributed by atoms with van der Waals surface area (Å²) in [5.74, 6) is -35.9. The molecular weight excluding hydrogens is 1660 g/mol. The first-order chi connectivity index (χ1) is 59.9. The summed E-state index contributed by atoms with van der Waals surface area (Å²) < 4.78 is 39.9. The molecule has 0 bridgehead atoms. The first-order valence-electron chi connectivity index (χ1n) is 38.6. The SMILES string of the molecule is Oc1cc(O)c2c(c1)O[C@H](c1ccc(O)c(O)c1)[C@H](O)[C@@H]2c1c(O)cc(O)c2c1O[C@H](c1ccc(O)c(O)c1)[C@H](O)[C@@H]2c1c(O)cc(O)c2c1O[C@H](c1ccc(O)c(O)c1)[C@H](O)[C@@H]2c1c(O)cc(O)c2c1O[C@H](c1ccc(O)c(O)c1)[C@H](O)[C@@H]2c1c(O)cc(O)c2c1O[C@H](c1ccc(O)c(O)c1)[C@H](O)[C@H]2c1c(O)cc(O)c2c1O[C@H](c1ccc(O)c(O)c1)[C@H](O)C2. The van der Waals surface area contributed by atoms with Crippen LogP contribution in [0.15, 0.2) is 152 Å². The molecule has 0 saturated heterocycles. The van der Waals surface area contributed by atoms with Gasteiger partial charge >= 0.3 is 0 Å². The normalized spacial score (nSPS) is 24.3. The summed E-state index contributed by atoms with van der Waals surface area (Å²) >= 11 is 0. The molecule has 6 aliphatic rings. The lowest BCUT2D eigenvalue weighted by atomic mass is 9.70. The van der Waals surface area contributed by atoms with Gasteiger partial charge in [-0.25, -0.2) is 0 Å². The van der Waals surface area contributed by atoms with Crippen molar-refractivity contribution in [1.82, 2.24) is 0 Å². The molecule has 0 spiro atoms. The smallest absolute Gasteiger partial charge is 0.157 e. The number of fused-ring (bicyclic) bond motifs is 6. The molecule has 0 amide bonds. The fourth-order valence-electron chi connectivity index (χ4n) is 18.6. The lowest BCUT2D eigenvalue weighted by molar-refractivity contribution is -0.0110. The Labute approximate surface area is 706 Å². The van der Waals surface area contributed by atoms with Crippen LogP contribution in [0.25, 0.3) is 0 Å². The molecule has 18 rings (SSSR count). The minimum atomic E-state index is -2.44. The molecule has 650 valence electrons. The van der Waals surface area contributed by atoms with Crippen molar-refractivity contribution in [3.8, 4) is 172 Å². The second-order valence-electron chi connectivity index (χ2n) is 31.6. The maximum Gasteiger partial charge on any atom is 0.157 e. The summed E-state index contributed by atoms with van der Waals surface area (Å²) in [4.78, 5) is 0. The average Bonchev–Trinajstić information content (AvgIpc) is 0.704. The van der Waals surface area contributed by atoms with Crippen molar-refractivity contribution in [3.05, 3.63) is 246 Å². The summed E-state index contributed by atoms with van der Waals surface area (Å²) in [6.45, 7) is 0. The van der Waals surface area contributed by atoms with Gasteiger partial charge < -0.3 is 182 Å². The molecule has 36 heteroatoms. The molecule has 0 aromatic heterocycles. The lowest BCUT2D eigenvalue weighted by Gasteiger charge is -2.45. The number of rotatable bonds is 11. The Morgan fingerprint density at radius 3 is 0.643 bits per heavy atom. The van der Waals surface area contributed by atoms with Crippen molar-refractivity contribution in [2.45, 2.75) is 109 Å². The molecule has 36 nitrogen and oxygen atoms in total. The zero-order chi connectivity index (χ0) is 89.6. The fourth-order valence-corrected chi connectivity index (χ4v) is 18.6. The molecule has 12 aromatic carbocycles. The standard InChI is InChI=1S/C90H74O36/c91-33-19-48(105)60-59(20-33)121-81(28-2-8-36(93)43(100)14-28)75(116)70(60)62-50(107)23-52(109)64-72(77(118)83(123-87(62)64)30-4-10-38(95)45(102)16-30)66-54(111)25-56(113)68-74(79(120)85(125-89(66)68)32-6-12-40(97)47(104)18-32)69-57(114)26-55(112)67-73(78(119)84(126-90(67)69)31-5-11-39(96)46(103)17-31)65-53(110)24-51(108)63-71(76(117)82(124-88(63)65)29-3-9-37(94)44(101)15-29)61-49(106)22-41(98)34-21-58(115)80(122-86(34)61)27-1-7-35(92)42(99)13-27/h1-20,22-26,58,70-85,91-120H,21H2/t58-,70+,71+,72+,73-,74+,75-,76-,77-,78-,79-,80-,81-,82-,83-,84-,85-/m1/s1. The number of phenolic OH excluding ortho intramolecular Hbond substituents is 24. The van der Waals surface area contributed by atoms with Crippen molar-refractivity contribution in [2.24, 2.45) is 0 Å². The first kappa shape index (κ1) is 81.4. The highest BCUT2D eigenvalue weighted by atomic mass is 16.5. The first-order valence-corrected chi connectivity index (χ1v) is 38.6. The molecule has 0 radical (unpaired) electrons. The number of hydrogen-bond acceptors (Lipinski definition) is 36. The Kier molecular flexibility index (Phi) is 19.1. The topological polar surface area (TPSA) is 662 Å². The summed E-state index contributed by atoms with van der Waals surface area (Å²) in [6.07, 6.45) is -25.3. The van der Waals surface area contributed by atoms with Gasteiger partial charge in [0.05, 0.1) is 35.7 Å². The van der Waals surface area contributed by atoms with Crippen molar-refractivity contribution < 1.29 is 182 Å². The third kappa shape index (κ3) is 12.6. The van der Waals surface area contributed by atoms with Gasteiger partial charge in [0, 0.05) is 110 Å². The van der Waals surface area contributed by atoms with E-state index in [2.05, 4.69) is 0 Å². The van der Waals surface area contributed by atoms with Gasteiger partial charge in [-0.15, -0.1) is 0 Å². The monoisotopic (exact) mass is 1730 g/mol. The second-order valence-corrected chi connectivity index (χ2v) is 31.6. The van der Waals surface area contributed by atoms with Crippen LogP contribution in [0.4, 0.5) is 0 Å². The van der Waals surface area contributed by atoms with Gasteiger partial charge in [-0.1, -0.05) is 36.4 Å². The van der Waals surface area contributed by atoms with Crippen molar-refractivity contribution in [3.63, 3.8) is 0 Å². The summed E-state index contributed by atoms with van der Waals surface area (Å²) in [5, 5.41) is 360. The predicted molar refractivity (Wildman–Crippen MR) is 426 cm³/mol. The van der Waals surface area contributed by atoms with Crippen LogP contribution in [-0.2, 0) is 6.42 Å². The highest BCUT2D eigenvalue weighted by Gasteiger charge is 2.57. The van der Waals surface area contributed by atoms with E-state index in [9.17, 15) is 153 Å². The van der Waals surface area contributed by atoms with Crippen molar-refractivity contribution >= 4 is 0 Å². The molecule has 126 heavy (non-hydrogen) atoms. The van der Waals surface area contributed by atoms with E-state index in [1.807, 2.05) is 0 Å². The Balaban J connectivity index is 0.896. The van der Waals surface area contributed by atoms with Crippen LogP contribution in [0.3, 0.4) is 0 Å². The minimum absolute atomic E-state index is 0.00514. The number of ether oxygens (including phenoxy) is 6. The van der Waals surface area contributed by atoms with E-state index in [-0.39, 0.29) is 38.9 Å². The predicted octanol–water partition coefficient (Wildman–Crippen LogP) is 8.79. The summed E-state index contributed by atoms with van der Waals surface area (Å²) in [6, 6.07) is 23.6. The third-order valence-electron chi connectivity index (χ3n) is 24.3. The molecular formula is C90H74O36. The summed E-state index contributed by atoms with van der Waals surface area (Å²) in [7, 11) is 0. The van der Waals surface area contributed by atoms with Crippen LogP contribution >= 0.6 is 0 Å². The molecule has 0 unspecified atom stereocenters. The highest BCUT2D eigenvalue weighted by Crippen LogP contribution is 2.69. The zero-order valence-electron chi connectivity index (χ0n) is 64.3. The Hall–Kier alpha value is -15.6. The third-order valence-corrected chi connectivity index (χ3v) is 24.3. The van der Waals surface area contributed by atoms with Crippen LogP contribution < -0.4 is 28.4 Å². The number of benzene rings is 12. The van der Waals surface area contributed by atoms with E-state index < -0.39 is 337 Å². The minimum Gasteiger partial charge on any atom is -0.508 e. The van der Waals surface area contributed by atoms with Crippen LogP contribution in [0.5, 0.6) is 172 Å². The van der Waals surface area contributed by atoms with E-state index in [0.29, 0.717) is 24.3 Å². The number of hydrogen-bond donors (Lipinski definition) is 30. The lowest BCUT2D eigenvalue weighted by Crippen LogP contribution is -2.40. The van der Waals surface area contributed by atoms with E-state index >= 15 is 0 Å². The Morgan fingerprint density at radius 2 is 0.389 bits per heavy atom. The number of phenols is 24. The van der Waals surface area contributed by atoms with E-state index in [0.717, 1.165) is 115 Å². The fraction of sp³-hybridized carbons (Fsp3) is 0.200. The van der Waals surface area contributed by atoms with E-state index in [4.69, 9.17) is 28.4 Å². The molecule has 30 N–H and O–H groups in total. The van der Waals surface area contributed by atoms with Crippen LogP contribution in [0, 0.1) is 0 Å². The van der Waals surface area contributed by atoms with Gasteiger partial charge in [0.2, 0.25) is 0 Å². The molecule has 0 fully saturated rings. The van der Waals surface area contributed by atoms with Gasteiger partial charge in [-0.2, -0.15) is 0 Å². The van der Waals surface area contributed by atoms with Crippen LogP contribution in [0.1, 0.15) is 161 Å². The Morgan fingerprint density at radius 1 is 0.183 bits per heavy atom. The maximum absolute atomic E-state index is 13.7. The van der Waals surface area contributed by atoms with E-state index in [1.54, 1.807) is 0 Å². The highest BCUT2D eigenvalue weighted by molar-refractivity contribution is 5.77. The Bertz CT molecular complexity index is 6550.